The molecule has 2 aromatic rings. The fraction of sp³-hybridized carbons (Fsp3) is 0. The summed E-state index contributed by atoms with van der Waals surface area (Å²) in [6.07, 6.45) is 0. The molecule has 2 aromatic carbocycles. The Morgan fingerprint density at radius 3 is 2.67 bits per heavy atom. The molecule has 1 nitrogen and oxygen atoms in total. The Balaban J connectivity index is 2.11. The molecule has 15 heavy (non-hydrogen) atoms. The van der Waals surface area contributed by atoms with Crippen LogP contribution < -0.4 is 4.74 Å². The zero-order valence-corrected chi connectivity index (χ0v) is 10.1. The molecule has 0 N–H and O–H groups in total. The molecule has 3 heteroatoms. The quantitative estimate of drug-likeness (QED) is 0.589. The second-order valence-electron chi connectivity index (χ2n) is 3.24. The van der Waals surface area contributed by atoms with E-state index in [2.05, 4.69) is 28.1 Å². The van der Waals surface area contributed by atoms with Gasteiger partial charge in [-0.1, -0.05) is 39.8 Å². The van der Waals surface area contributed by atoms with E-state index in [-0.39, 0.29) is 0 Å². The molecule has 0 bridgehead atoms. The summed E-state index contributed by atoms with van der Waals surface area (Å²) in [7, 11) is 0. The first-order chi connectivity index (χ1) is 7.33. The van der Waals surface area contributed by atoms with Crippen LogP contribution in [0.2, 0.25) is 0 Å². The fourth-order valence-electron chi connectivity index (χ4n) is 1.50. The van der Waals surface area contributed by atoms with E-state index in [0.717, 1.165) is 20.9 Å². The molecule has 0 amide bonds. The van der Waals surface area contributed by atoms with Gasteiger partial charge in [-0.15, -0.1) is 0 Å². The highest BCUT2D eigenvalue weighted by Crippen LogP contribution is 2.47. The SMILES string of the molecule is Brc1ccc2c(c1)Sc1ccccc1O2. The Morgan fingerprint density at radius 1 is 0.933 bits per heavy atom. The average molecular weight is 279 g/mol. The van der Waals surface area contributed by atoms with Gasteiger partial charge >= 0.3 is 0 Å². The molecule has 0 radical (unpaired) electrons. The molecule has 1 aliphatic heterocycles. The molecule has 0 saturated heterocycles. The van der Waals surface area contributed by atoms with E-state index in [4.69, 9.17) is 4.74 Å². The molecule has 1 heterocycles. The maximum atomic E-state index is 5.79. The Labute approximate surface area is 101 Å². The first kappa shape index (κ1) is 9.31. The van der Waals surface area contributed by atoms with Crippen molar-refractivity contribution in [2.24, 2.45) is 0 Å². The van der Waals surface area contributed by atoms with Crippen molar-refractivity contribution in [3.8, 4) is 11.5 Å². The topological polar surface area (TPSA) is 9.23 Å². The summed E-state index contributed by atoms with van der Waals surface area (Å²) < 4.78 is 6.87. The Hall–Kier alpha value is -0.930. The minimum Gasteiger partial charge on any atom is -0.455 e. The maximum Gasteiger partial charge on any atom is 0.141 e. The standard InChI is InChI=1S/C12H7BrOS/c13-8-5-6-10-12(7-8)15-11-4-2-1-3-9(11)14-10/h1-7H. The summed E-state index contributed by atoms with van der Waals surface area (Å²) in [4.78, 5) is 2.33. The van der Waals surface area contributed by atoms with Gasteiger partial charge in [-0.2, -0.15) is 0 Å². The second-order valence-corrected chi connectivity index (χ2v) is 5.24. The van der Waals surface area contributed by atoms with Gasteiger partial charge in [0.05, 0.1) is 9.79 Å². The monoisotopic (exact) mass is 278 g/mol. The molecule has 0 saturated carbocycles. The Kier molecular flexibility index (Phi) is 2.22. The van der Waals surface area contributed by atoms with Gasteiger partial charge in [0.2, 0.25) is 0 Å². The maximum absolute atomic E-state index is 5.79. The summed E-state index contributed by atoms with van der Waals surface area (Å²) >= 11 is 5.20. The van der Waals surface area contributed by atoms with E-state index in [1.807, 2.05) is 30.3 Å². The number of hydrogen-bond acceptors (Lipinski definition) is 2. The minimum atomic E-state index is 0.932. The number of fused-ring (bicyclic) bond motifs is 2. The van der Waals surface area contributed by atoms with E-state index in [1.165, 1.54) is 4.90 Å². The number of benzene rings is 2. The highest BCUT2D eigenvalue weighted by atomic mass is 79.9. The van der Waals surface area contributed by atoms with Gasteiger partial charge in [-0.3, -0.25) is 0 Å². The molecule has 3 rings (SSSR count). The predicted molar refractivity (Wildman–Crippen MR) is 64.8 cm³/mol. The minimum absolute atomic E-state index is 0.932. The lowest BCUT2D eigenvalue weighted by molar-refractivity contribution is 0.454. The van der Waals surface area contributed by atoms with Crippen molar-refractivity contribution in [1.29, 1.82) is 0 Å². The average Bonchev–Trinajstić information content (AvgIpc) is 2.26. The lowest BCUT2D eigenvalue weighted by atomic mass is 10.3. The van der Waals surface area contributed by atoms with Crippen LogP contribution in [0.15, 0.2) is 56.7 Å². The van der Waals surface area contributed by atoms with Crippen molar-refractivity contribution >= 4 is 27.7 Å². The van der Waals surface area contributed by atoms with Crippen LogP contribution in [0.3, 0.4) is 0 Å². The molecule has 0 aliphatic carbocycles. The summed E-state index contributed by atoms with van der Waals surface area (Å²) in [5.74, 6) is 1.87. The normalized spacial score (nSPS) is 12.6. The van der Waals surface area contributed by atoms with Crippen molar-refractivity contribution in [3.63, 3.8) is 0 Å². The van der Waals surface area contributed by atoms with Crippen LogP contribution in [0.5, 0.6) is 11.5 Å². The fourth-order valence-corrected chi connectivity index (χ4v) is 3.00. The van der Waals surface area contributed by atoms with Crippen molar-refractivity contribution in [1.82, 2.24) is 0 Å². The van der Waals surface area contributed by atoms with Crippen molar-refractivity contribution in [2.75, 3.05) is 0 Å². The van der Waals surface area contributed by atoms with Gasteiger partial charge in [-0.25, -0.2) is 0 Å². The third kappa shape index (κ3) is 1.66. The highest BCUT2D eigenvalue weighted by molar-refractivity contribution is 9.10. The van der Waals surface area contributed by atoms with E-state index in [0.29, 0.717) is 0 Å². The molecule has 0 unspecified atom stereocenters. The number of para-hydroxylation sites is 1. The largest absolute Gasteiger partial charge is 0.455 e. The zero-order valence-electron chi connectivity index (χ0n) is 7.74. The van der Waals surface area contributed by atoms with E-state index in [9.17, 15) is 0 Å². The van der Waals surface area contributed by atoms with Gasteiger partial charge in [0.1, 0.15) is 11.5 Å². The van der Waals surface area contributed by atoms with Crippen molar-refractivity contribution in [2.45, 2.75) is 9.79 Å². The summed E-state index contributed by atoms with van der Waals surface area (Å²) in [6, 6.07) is 14.1. The Bertz CT molecular complexity index is 525. The van der Waals surface area contributed by atoms with E-state index >= 15 is 0 Å². The predicted octanol–water partition coefficient (Wildman–Crippen LogP) is 4.71. The second kappa shape index (κ2) is 3.58. The summed E-state index contributed by atoms with van der Waals surface area (Å²) in [5, 5.41) is 0. The van der Waals surface area contributed by atoms with E-state index < -0.39 is 0 Å². The van der Waals surface area contributed by atoms with Crippen LogP contribution in [0.25, 0.3) is 0 Å². The molecule has 0 spiro atoms. The number of rotatable bonds is 0. The number of hydrogen-bond donors (Lipinski definition) is 0. The first-order valence-corrected chi connectivity index (χ1v) is 6.18. The van der Waals surface area contributed by atoms with Gasteiger partial charge in [0, 0.05) is 4.47 Å². The van der Waals surface area contributed by atoms with Gasteiger partial charge in [0.15, 0.2) is 0 Å². The van der Waals surface area contributed by atoms with Crippen LogP contribution in [-0.2, 0) is 0 Å². The lowest BCUT2D eigenvalue weighted by Gasteiger charge is -2.19. The van der Waals surface area contributed by atoms with Crippen LogP contribution in [0.4, 0.5) is 0 Å². The van der Waals surface area contributed by atoms with Crippen molar-refractivity contribution in [3.05, 3.63) is 46.9 Å². The third-order valence-corrected chi connectivity index (χ3v) is 3.78. The molecular weight excluding hydrogens is 272 g/mol. The van der Waals surface area contributed by atoms with Crippen LogP contribution >= 0.6 is 27.7 Å². The smallest absolute Gasteiger partial charge is 0.141 e. The van der Waals surface area contributed by atoms with Gasteiger partial charge in [0.25, 0.3) is 0 Å². The summed E-state index contributed by atoms with van der Waals surface area (Å²) in [5.41, 5.74) is 0. The van der Waals surface area contributed by atoms with Crippen LogP contribution in [-0.4, -0.2) is 0 Å². The Morgan fingerprint density at radius 2 is 1.73 bits per heavy atom. The number of halogens is 1. The molecule has 0 atom stereocenters. The van der Waals surface area contributed by atoms with Gasteiger partial charge < -0.3 is 4.74 Å². The molecule has 0 fully saturated rings. The van der Waals surface area contributed by atoms with Gasteiger partial charge in [-0.05, 0) is 30.3 Å². The van der Waals surface area contributed by atoms with Crippen LogP contribution in [0, 0.1) is 0 Å². The molecule has 74 valence electrons. The number of ether oxygens (including phenoxy) is 1. The lowest BCUT2D eigenvalue weighted by Crippen LogP contribution is -1.94. The van der Waals surface area contributed by atoms with E-state index in [1.54, 1.807) is 11.8 Å². The van der Waals surface area contributed by atoms with Crippen molar-refractivity contribution < 1.29 is 4.74 Å². The van der Waals surface area contributed by atoms with Crippen LogP contribution in [0.1, 0.15) is 0 Å². The summed E-state index contributed by atoms with van der Waals surface area (Å²) in [6.45, 7) is 0. The zero-order chi connectivity index (χ0) is 10.3. The molecular formula is C12H7BrOS. The molecule has 0 aromatic heterocycles. The molecule has 1 aliphatic rings. The highest BCUT2D eigenvalue weighted by Gasteiger charge is 2.16. The third-order valence-electron chi connectivity index (χ3n) is 2.19. The first-order valence-electron chi connectivity index (χ1n) is 4.57.